The Morgan fingerprint density at radius 1 is 1.20 bits per heavy atom. The molecule has 0 aromatic rings. The molecule has 0 spiro atoms. The summed E-state index contributed by atoms with van der Waals surface area (Å²) in [6.45, 7) is 0.793. The summed E-state index contributed by atoms with van der Waals surface area (Å²) >= 11 is 2.00. The van der Waals surface area contributed by atoms with E-state index in [1.165, 1.54) is 25.7 Å². The second kappa shape index (κ2) is 7.49. The fourth-order valence-corrected chi connectivity index (χ4v) is 2.77. The Bertz CT molecular complexity index is 157. The number of rotatable bonds is 6. The zero-order valence-corrected chi connectivity index (χ0v) is 10.8. The van der Waals surface area contributed by atoms with E-state index in [4.69, 9.17) is 9.47 Å². The van der Waals surface area contributed by atoms with Crippen LogP contribution in [0.2, 0.25) is 0 Å². The highest BCUT2D eigenvalue weighted by Gasteiger charge is 2.20. The molecule has 0 atom stereocenters. The minimum absolute atomic E-state index is 0.108. The summed E-state index contributed by atoms with van der Waals surface area (Å²) in [4.78, 5) is 0. The Kier molecular flexibility index (Phi) is 6.64. The molecule has 15 heavy (non-hydrogen) atoms. The van der Waals surface area contributed by atoms with Gasteiger partial charge in [0.05, 0.1) is 0 Å². The van der Waals surface area contributed by atoms with Crippen molar-refractivity contribution in [2.45, 2.75) is 43.3 Å². The molecule has 0 aromatic carbocycles. The van der Waals surface area contributed by atoms with Gasteiger partial charge in [-0.25, -0.2) is 0 Å². The van der Waals surface area contributed by atoms with E-state index >= 15 is 0 Å². The standard InChI is InChI=1S/C11H23NO2S/c1-13-11(14-2)8-12-9-4-6-10(15-3)7-5-9/h9-12H,4-8H2,1-3H3. The van der Waals surface area contributed by atoms with E-state index in [2.05, 4.69) is 11.6 Å². The second-order valence-corrected chi connectivity index (χ2v) is 5.16. The van der Waals surface area contributed by atoms with E-state index in [9.17, 15) is 0 Å². The fraction of sp³-hybridized carbons (Fsp3) is 1.00. The van der Waals surface area contributed by atoms with E-state index in [0.717, 1.165) is 11.8 Å². The van der Waals surface area contributed by atoms with E-state index in [0.29, 0.717) is 6.04 Å². The first-order chi connectivity index (χ1) is 7.30. The maximum Gasteiger partial charge on any atom is 0.169 e. The molecule has 4 heteroatoms. The average molecular weight is 233 g/mol. The molecule has 90 valence electrons. The Hall–Kier alpha value is 0.230. The second-order valence-electron chi connectivity index (χ2n) is 4.02. The summed E-state index contributed by atoms with van der Waals surface area (Å²) in [7, 11) is 3.36. The van der Waals surface area contributed by atoms with Gasteiger partial charge in [0, 0.05) is 32.1 Å². The molecular weight excluding hydrogens is 210 g/mol. The molecule has 0 aromatic heterocycles. The van der Waals surface area contributed by atoms with E-state index < -0.39 is 0 Å². The molecule has 3 nitrogen and oxygen atoms in total. The van der Waals surface area contributed by atoms with Gasteiger partial charge in [-0.3, -0.25) is 0 Å². The number of hydrogen-bond acceptors (Lipinski definition) is 4. The molecule has 0 unspecified atom stereocenters. The first kappa shape index (κ1) is 13.3. The van der Waals surface area contributed by atoms with Crippen LogP contribution in [0.25, 0.3) is 0 Å². The van der Waals surface area contributed by atoms with E-state index in [-0.39, 0.29) is 6.29 Å². The van der Waals surface area contributed by atoms with Crippen LogP contribution >= 0.6 is 11.8 Å². The first-order valence-electron chi connectivity index (χ1n) is 5.62. The molecule has 1 aliphatic rings. The SMILES string of the molecule is COC(CNC1CCC(SC)CC1)OC. The topological polar surface area (TPSA) is 30.5 Å². The van der Waals surface area contributed by atoms with Crippen LogP contribution in [0.15, 0.2) is 0 Å². The molecular formula is C11H23NO2S. The Labute approximate surface area is 97.3 Å². The fourth-order valence-electron chi connectivity index (χ4n) is 2.03. The first-order valence-corrected chi connectivity index (χ1v) is 6.90. The van der Waals surface area contributed by atoms with Gasteiger partial charge in [0.15, 0.2) is 6.29 Å². The highest BCUT2D eigenvalue weighted by Crippen LogP contribution is 2.26. The van der Waals surface area contributed by atoms with Crippen molar-refractivity contribution in [2.75, 3.05) is 27.0 Å². The Morgan fingerprint density at radius 2 is 1.80 bits per heavy atom. The van der Waals surface area contributed by atoms with E-state index in [1.807, 2.05) is 11.8 Å². The largest absolute Gasteiger partial charge is 0.355 e. The van der Waals surface area contributed by atoms with Crippen molar-refractivity contribution in [3.05, 3.63) is 0 Å². The van der Waals surface area contributed by atoms with Crippen LogP contribution in [0, 0.1) is 0 Å². The average Bonchev–Trinajstić information content (AvgIpc) is 2.31. The van der Waals surface area contributed by atoms with Gasteiger partial charge < -0.3 is 14.8 Å². The molecule has 0 amide bonds. The number of thioether (sulfide) groups is 1. The summed E-state index contributed by atoms with van der Waals surface area (Å²) < 4.78 is 10.3. The van der Waals surface area contributed by atoms with Crippen molar-refractivity contribution in [1.29, 1.82) is 0 Å². The van der Waals surface area contributed by atoms with Crippen molar-refractivity contribution in [3.63, 3.8) is 0 Å². The quantitative estimate of drug-likeness (QED) is 0.710. The monoisotopic (exact) mass is 233 g/mol. The predicted molar refractivity (Wildman–Crippen MR) is 65.4 cm³/mol. The maximum atomic E-state index is 5.14. The molecule has 1 N–H and O–H groups in total. The van der Waals surface area contributed by atoms with Crippen LogP contribution in [0.4, 0.5) is 0 Å². The smallest absolute Gasteiger partial charge is 0.169 e. The van der Waals surface area contributed by atoms with Crippen molar-refractivity contribution in [2.24, 2.45) is 0 Å². The highest BCUT2D eigenvalue weighted by atomic mass is 32.2. The normalized spacial score (nSPS) is 27.2. The molecule has 1 aliphatic carbocycles. The Morgan fingerprint density at radius 3 is 2.27 bits per heavy atom. The molecule has 1 fully saturated rings. The van der Waals surface area contributed by atoms with Gasteiger partial charge in [0.1, 0.15) is 0 Å². The lowest BCUT2D eigenvalue weighted by Crippen LogP contribution is -2.39. The number of ether oxygens (including phenoxy) is 2. The summed E-state index contributed by atoms with van der Waals surface area (Å²) in [5.41, 5.74) is 0. The molecule has 0 bridgehead atoms. The molecule has 0 heterocycles. The lowest BCUT2D eigenvalue weighted by molar-refractivity contribution is -0.100. The van der Waals surface area contributed by atoms with Crippen LogP contribution in [0.3, 0.4) is 0 Å². The van der Waals surface area contributed by atoms with Gasteiger partial charge >= 0.3 is 0 Å². The molecule has 1 rings (SSSR count). The van der Waals surface area contributed by atoms with Crippen LogP contribution < -0.4 is 5.32 Å². The molecule has 0 saturated heterocycles. The van der Waals surface area contributed by atoms with Crippen LogP contribution in [-0.2, 0) is 9.47 Å². The van der Waals surface area contributed by atoms with Crippen molar-refractivity contribution < 1.29 is 9.47 Å². The summed E-state index contributed by atoms with van der Waals surface area (Å²) in [6.07, 6.45) is 7.34. The zero-order chi connectivity index (χ0) is 11.1. The van der Waals surface area contributed by atoms with Crippen LogP contribution in [0.5, 0.6) is 0 Å². The lowest BCUT2D eigenvalue weighted by atomic mass is 9.95. The Balaban J connectivity index is 2.12. The predicted octanol–water partition coefficient (Wildman–Crippen LogP) is 1.87. The highest BCUT2D eigenvalue weighted by molar-refractivity contribution is 7.99. The summed E-state index contributed by atoms with van der Waals surface area (Å²) in [5, 5.41) is 4.39. The van der Waals surface area contributed by atoms with Gasteiger partial charge in [-0.15, -0.1) is 0 Å². The van der Waals surface area contributed by atoms with Crippen LogP contribution in [0.1, 0.15) is 25.7 Å². The van der Waals surface area contributed by atoms with Gasteiger partial charge in [-0.1, -0.05) is 0 Å². The van der Waals surface area contributed by atoms with Crippen molar-refractivity contribution in [3.8, 4) is 0 Å². The van der Waals surface area contributed by atoms with Gasteiger partial charge in [0.25, 0.3) is 0 Å². The van der Waals surface area contributed by atoms with Crippen molar-refractivity contribution >= 4 is 11.8 Å². The summed E-state index contributed by atoms with van der Waals surface area (Å²) in [5.74, 6) is 0. The minimum atomic E-state index is -0.108. The lowest BCUT2D eigenvalue weighted by Gasteiger charge is -2.29. The van der Waals surface area contributed by atoms with Gasteiger partial charge in [0.2, 0.25) is 0 Å². The van der Waals surface area contributed by atoms with Gasteiger partial charge in [-0.2, -0.15) is 11.8 Å². The number of hydrogen-bond donors (Lipinski definition) is 1. The third kappa shape index (κ3) is 4.72. The molecule has 1 saturated carbocycles. The van der Waals surface area contributed by atoms with Gasteiger partial charge in [-0.05, 0) is 31.9 Å². The molecule has 0 radical (unpaired) electrons. The third-order valence-electron chi connectivity index (χ3n) is 3.11. The molecule has 0 aliphatic heterocycles. The zero-order valence-electron chi connectivity index (χ0n) is 9.99. The van der Waals surface area contributed by atoms with Crippen molar-refractivity contribution in [1.82, 2.24) is 5.32 Å². The van der Waals surface area contributed by atoms with E-state index in [1.54, 1.807) is 14.2 Å². The number of nitrogens with one attached hydrogen (secondary N) is 1. The van der Waals surface area contributed by atoms with Crippen LogP contribution in [-0.4, -0.2) is 44.6 Å². The minimum Gasteiger partial charge on any atom is -0.355 e. The third-order valence-corrected chi connectivity index (χ3v) is 4.24. The number of methoxy groups -OCH3 is 2. The summed E-state index contributed by atoms with van der Waals surface area (Å²) in [6, 6.07) is 0.654. The maximum absolute atomic E-state index is 5.14.